The lowest BCUT2D eigenvalue weighted by atomic mass is 10.1. The Kier molecular flexibility index (Phi) is 7.84. The van der Waals surface area contributed by atoms with Crippen LogP contribution >= 0.6 is 0 Å². The first kappa shape index (κ1) is 20.5. The molecule has 1 aromatic carbocycles. The lowest BCUT2D eigenvalue weighted by Crippen LogP contribution is -2.40. The number of hydrogen-bond donors (Lipinski definition) is 3. The van der Waals surface area contributed by atoms with Crippen molar-refractivity contribution in [2.75, 3.05) is 32.0 Å². The number of aliphatic imine (C=N–C) groups is 1. The Labute approximate surface area is 156 Å². The van der Waals surface area contributed by atoms with Crippen molar-refractivity contribution in [3.05, 3.63) is 53.9 Å². The van der Waals surface area contributed by atoms with Gasteiger partial charge in [-0.1, -0.05) is 30.3 Å². The van der Waals surface area contributed by atoms with Crippen LogP contribution in [0.2, 0.25) is 0 Å². The third-order valence-corrected chi connectivity index (χ3v) is 3.65. The van der Waals surface area contributed by atoms with E-state index >= 15 is 0 Å². The largest absolute Gasteiger partial charge is 0.433 e. The van der Waals surface area contributed by atoms with E-state index in [0.717, 1.165) is 31.6 Å². The standard InChI is InChI=1S/C18H23F3N6/c1-22-16(23-10-5-8-14-6-3-2-4-7-14)25-12-13-26-17-24-11-9-15(27-17)18(19,20)21/h2-4,6-7,9,11H,5,8,10,12-13H2,1H3,(H2,22,23,25)(H,24,26,27). The summed E-state index contributed by atoms with van der Waals surface area (Å²) in [6, 6.07) is 11.1. The number of guanidine groups is 1. The molecule has 0 atom stereocenters. The fourth-order valence-corrected chi connectivity index (χ4v) is 2.32. The number of rotatable bonds is 8. The summed E-state index contributed by atoms with van der Waals surface area (Å²) >= 11 is 0. The number of nitrogens with zero attached hydrogens (tertiary/aromatic N) is 3. The van der Waals surface area contributed by atoms with Gasteiger partial charge in [-0.05, 0) is 24.5 Å². The number of halogens is 3. The number of hydrogen-bond acceptors (Lipinski definition) is 4. The Hall–Kier alpha value is -2.84. The van der Waals surface area contributed by atoms with Crippen LogP contribution in [0, 0.1) is 0 Å². The molecule has 0 aliphatic carbocycles. The maximum atomic E-state index is 12.6. The topological polar surface area (TPSA) is 74.2 Å². The Morgan fingerprint density at radius 2 is 1.78 bits per heavy atom. The van der Waals surface area contributed by atoms with E-state index in [1.165, 1.54) is 5.56 Å². The third-order valence-electron chi connectivity index (χ3n) is 3.65. The summed E-state index contributed by atoms with van der Waals surface area (Å²) in [7, 11) is 1.66. The predicted octanol–water partition coefficient (Wildman–Crippen LogP) is 2.71. The fourth-order valence-electron chi connectivity index (χ4n) is 2.32. The number of aryl methyl sites for hydroxylation is 1. The molecule has 0 unspecified atom stereocenters. The van der Waals surface area contributed by atoms with E-state index < -0.39 is 11.9 Å². The molecular weight excluding hydrogens is 357 g/mol. The van der Waals surface area contributed by atoms with Gasteiger partial charge in [0, 0.05) is 32.9 Å². The highest BCUT2D eigenvalue weighted by Gasteiger charge is 2.32. The van der Waals surface area contributed by atoms with Crippen LogP contribution in [0.1, 0.15) is 17.7 Å². The monoisotopic (exact) mass is 380 g/mol. The Morgan fingerprint density at radius 3 is 2.48 bits per heavy atom. The molecule has 0 radical (unpaired) electrons. The van der Waals surface area contributed by atoms with Gasteiger partial charge in [-0.2, -0.15) is 13.2 Å². The molecule has 146 valence electrons. The highest BCUT2D eigenvalue weighted by molar-refractivity contribution is 5.79. The van der Waals surface area contributed by atoms with E-state index in [4.69, 9.17) is 0 Å². The third kappa shape index (κ3) is 7.51. The van der Waals surface area contributed by atoms with Gasteiger partial charge in [-0.15, -0.1) is 0 Å². The average Bonchev–Trinajstić information content (AvgIpc) is 2.67. The second-order valence-electron chi connectivity index (χ2n) is 5.70. The lowest BCUT2D eigenvalue weighted by Gasteiger charge is -2.12. The van der Waals surface area contributed by atoms with Crippen LogP contribution in [-0.4, -0.2) is 42.6 Å². The minimum absolute atomic E-state index is 0.0579. The van der Waals surface area contributed by atoms with Gasteiger partial charge in [0.05, 0.1) is 0 Å². The minimum atomic E-state index is -4.48. The molecule has 2 aromatic rings. The summed E-state index contributed by atoms with van der Waals surface area (Å²) in [5.74, 6) is 0.576. The maximum Gasteiger partial charge on any atom is 0.433 e. The highest BCUT2D eigenvalue weighted by atomic mass is 19.4. The van der Waals surface area contributed by atoms with Gasteiger partial charge in [-0.25, -0.2) is 9.97 Å². The predicted molar refractivity (Wildman–Crippen MR) is 99.7 cm³/mol. The summed E-state index contributed by atoms with van der Waals surface area (Å²) in [5, 5.41) is 9.04. The van der Waals surface area contributed by atoms with Gasteiger partial charge in [0.25, 0.3) is 0 Å². The molecule has 0 bridgehead atoms. The van der Waals surface area contributed by atoms with Crippen molar-refractivity contribution in [3.8, 4) is 0 Å². The average molecular weight is 380 g/mol. The molecule has 0 saturated carbocycles. The number of benzene rings is 1. The van der Waals surface area contributed by atoms with Crippen molar-refractivity contribution in [1.82, 2.24) is 20.6 Å². The van der Waals surface area contributed by atoms with Crippen LogP contribution in [-0.2, 0) is 12.6 Å². The first-order valence-electron chi connectivity index (χ1n) is 8.61. The van der Waals surface area contributed by atoms with Crippen LogP contribution in [0.25, 0.3) is 0 Å². The first-order valence-corrected chi connectivity index (χ1v) is 8.61. The lowest BCUT2D eigenvalue weighted by molar-refractivity contribution is -0.141. The summed E-state index contributed by atoms with van der Waals surface area (Å²) in [6.07, 6.45) is -1.47. The van der Waals surface area contributed by atoms with Crippen LogP contribution < -0.4 is 16.0 Å². The fraction of sp³-hybridized carbons (Fsp3) is 0.389. The molecule has 3 N–H and O–H groups in total. The van der Waals surface area contributed by atoms with Crippen LogP contribution in [0.4, 0.5) is 19.1 Å². The quantitative estimate of drug-likeness (QED) is 0.373. The smallest absolute Gasteiger partial charge is 0.356 e. The molecule has 0 aliphatic heterocycles. The first-order chi connectivity index (χ1) is 13.0. The minimum Gasteiger partial charge on any atom is -0.356 e. The molecule has 0 aliphatic rings. The van der Waals surface area contributed by atoms with Crippen molar-refractivity contribution >= 4 is 11.9 Å². The van der Waals surface area contributed by atoms with E-state index in [1.807, 2.05) is 18.2 Å². The maximum absolute atomic E-state index is 12.6. The van der Waals surface area contributed by atoms with Crippen molar-refractivity contribution < 1.29 is 13.2 Å². The zero-order chi connectivity index (χ0) is 19.5. The van der Waals surface area contributed by atoms with E-state index in [1.54, 1.807) is 7.05 Å². The summed E-state index contributed by atoms with van der Waals surface area (Å²) in [6.45, 7) is 1.57. The zero-order valence-corrected chi connectivity index (χ0v) is 15.1. The molecule has 0 spiro atoms. The Bertz CT molecular complexity index is 719. The summed E-state index contributed by atoms with van der Waals surface area (Å²) in [4.78, 5) is 11.3. The summed E-state index contributed by atoms with van der Waals surface area (Å²) in [5.41, 5.74) is 0.316. The number of nitrogens with one attached hydrogen (secondary N) is 3. The summed E-state index contributed by atoms with van der Waals surface area (Å²) < 4.78 is 37.8. The van der Waals surface area contributed by atoms with Gasteiger partial charge >= 0.3 is 6.18 Å². The zero-order valence-electron chi connectivity index (χ0n) is 15.1. The van der Waals surface area contributed by atoms with Gasteiger partial charge in [-0.3, -0.25) is 4.99 Å². The normalized spacial score (nSPS) is 11.9. The number of aromatic nitrogens is 2. The van der Waals surface area contributed by atoms with Gasteiger partial charge in [0.1, 0.15) is 5.69 Å². The molecule has 1 heterocycles. The van der Waals surface area contributed by atoms with Gasteiger partial charge < -0.3 is 16.0 Å². The molecule has 1 aromatic heterocycles. The van der Waals surface area contributed by atoms with E-state index in [-0.39, 0.29) is 5.95 Å². The second-order valence-corrected chi connectivity index (χ2v) is 5.70. The second kappa shape index (κ2) is 10.3. The van der Waals surface area contributed by atoms with E-state index in [2.05, 4.69) is 43.0 Å². The molecule has 0 amide bonds. The SMILES string of the molecule is CN=C(NCCCc1ccccc1)NCCNc1nccc(C(F)(F)F)n1. The molecule has 2 rings (SSSR count). The van der Waals surface area contributed by atoms with Crippen molar-refractivity contribution in [3.63, 3.8) is 0 Å². The Balaban J connectivity index is 1.65. The van der Waals surface area contributed by atoms with Crippen LogP contribution in [0.5, 0.6) is 0 Å². The van der Waals surface area contributed by atoms with Crippen molar-refractivity contribution in [2.45, 2.75) is 19.0 Å². The molecular formula is C18H23F3N6. The Morgan fingerprint density at radius 1 is 1.04 bits per heavy atom. The van der Waals surface area contributed by atoms with Crippen LogP contribution in [0.3, 0.4) is 0 Å². The van der Waals surface area contributed by atoms with Crippen molar-refractivity contribution in [2.24, 2.45) is 4.99 Å². The van der Waals surface area contributed by atoms with Gasteiger partial charge in [0.15, 0.2) is 5.96 Å². The van der Waals surface area contributed by atoms with E-state index in [0.29, 0.717) is 19.0 Å². The molecule has 0 saturated heterocycles. The highest BCUT2D eigenvalue weighted by Crippen LogP contribution is 2.27. The number of anilines is 1. The molecule has 6 nitrogen and oxygen atoms in total. The number of alkyl halides is 3. The van der Waals surface area contributed by atoms with Gasteiger partial charge in [0.2, 0.25) is 5.95 Å². The van der Waals surface area contributed by atoms with E-state index in [9.17, 15) is 13.2 Å². The van der Waals surface area contributed by atoms with Crippen LogP contribution in [0.15, 0.2) is 47.6 Å². The molecule has 9 heteroatoms. The molecule has 27 heavy (non-hydrogen) atoms. The molecule has 0 fully saturated rings. The van der Waals surface area contributed by atoms with Crippen molar-refractivity contribution in [1.29, 1.82) is 0 Å².